The van der Waals surface area contributed by atoms with Gasteiger partial charge in [0.1, 0.15) is 0 Å². The van der Waals surface area contributed by atoms with Crippen LogP contribution < -0.4 is 4.72 Å². The molecule has 5 aliphatic rings. The van der Waals surface area contributed by atoms with Gasteiger partial charge in [-0.25, -0.2) is 0 Å². The molecule has 1 aliphatic heterocycles. The minimum absolute atomic E-state index is 0.0318. The predicted octanol–water partition coefficient (Wildman–Crippen LogP) is 2.53. The Labute approximate surface area is 146 Å². The van der Waals surface area contributed by atoms with Crippen LogP contribution in [0.15, 0.2) is 0 Å². The molecule has 0 aromatic heterocycles. The third-order valence-corrected chi connectivity index (χ3v) is 8.69. The molecule has 3 atom stereocenters. The molecule has 5 rings (SSSR count). The van der Waals surface area contributed by atoms with Gasteiger partial charge >= 0.3 is 0 Å². The van der Waals surface area contributed by atoms with E-state index < -0.39 is 10.2 Å². The van der Waals surface area contributed by atoms with Crippen molar-refractivity contribution in [3.05, 3.63) is 0 Å². The lowest BCUT2D eigenvalue weighted by Gasteiger charge is -2.59. The van der Waals surface area contributed by atoms with E-state index in [2.05, 4.69) is 11.6 Å². The Balaban J connectivity index is 1.48. The summed E-state index contributed by atoms with van der Waals surface area (Å²) in [5, 5.41) is 0. The molecule has 0 spiro atoms. The summed E-state index contributed by atoms with van der Waals surface area (Å²) in [4.78, 5) is 0. The fraction of sp³-hybridized carbons (Fsp3) is 1.00. The summed E-state index contributed by atoms with van der Waals surface area (Å²) in [6.45, 7) is 6.90. The number of rotatable bonds is 4. The van der Waals surface area contributed by atoms with Gasteiger partial charge < -0.3 is 4.74 Å². The standard InChI is InChI=1S/C18H32N2O3S/c1-12-10-20(11-13(2)23-12)24(21,22)19-14(3)18-7-15-4-16(8-18)6-17(5-15)9-18/h12-17,19H,4-11H2,1-3H3. The molecule has 138 valence electrons. The van der Waals surface area contributed by atoms with Gasteiger partial charge in [-0.05, 0) is 82.5 Å². The molecule has 0 amide bonds. The molecule has 5 fully saturated rings. The Hall–Kier alpha value is -0.170. The quantitative estimate of drug-likeness (QED) is 0.842. The topological polar surface area (TPSA) is 58.6 Å². The third kappa shape index (κ3) is 3.04. The van der Waals surface area contributed by atoms with E-state index in [1.807, 2.05) is 13.8 Å². The highest BCUT2D eigenvalue weighted by Crippen LogP contribution is 2.61. The first kappa shape index (κ1) is 17.3. The summed E-state index contributed by atoms with van der Waals surface area (Å²) < 4.78 is 36.2. The highest BCUT2D eigenvalue weighted by molar-refractivity contribution is 7.87. The van der Waals surface area contributed by atoms with Crippen LogP contribution in [0, 0.1) is 23.2 Å². The van der Waals surface area contributed by atoms with E-state index in [4.69, 9.17) is 4.74 Å². The van der Waals surface area contributed by atoms with Gasteiger partial charge in [0.15, 0.2) is 0 Å². The third-order valence-electron chi connectivity index (χ3n) is 7.06. The van der Waals surface area contributed by atoms with E-state index >= 15 is 0 Å². The molecule has 0 aromatic rings. The lowest BCUT2D eigenvalue weighted by molar-refractivity contribution is -0.0677. The van der Waals surface area contributed by atoms with Crippen molar-refractivity contribution in [2.45, 2.75) is 77.5 Å². The minimum atomic E-state index is -3.44. The van der Waals surface area contributed by atoms with E-state index in [1.54, 1.807) is 4.31 Å². The van der Waals surface area contributed by atoms with Crippen LogP contribution in [0.5, 0.6) is 0 Å². The van der Waals surface area contributed by atoms with Gasteiger partial charge in [-0.3, -0.25) is 0 Å². The van der Waals surface area contributed by atoms with Gasteiger partial charge in [-0.2, -0.15) is 17.4 Å². The van der Waals surface area contributed by atoms with Crippen LogP contribution in [0.25, 0.3) is 0 Å². The smallest absolute Gasteiger partial charge is 0.279 e. The first-order valence-electron chi connectivity index (χ1n) is 9.68. The van der Waals surface area contributed by atoms with Crippen LogP contribution in [-0.4, -0.2) is 44.1 Å². The lowest BCUT2D eigenvalue weighted by atomic mass is 9.48. The van der Waals surface area contributed by atoms with Gasteiger partial charge in [0.05, 0.1) is 12.2 Å². The molecule has 24 heavy (non-hydrogen) atoms. The Morgan fingerprint density at radius 2 is 1.46 bits per heavy atom. The summed E-state index contributed by atoms with van der Waals surface area (Å²) in [7, 11) is -3.44. The number of ether oxygens (including phenoxy) is 1. The van der Waals surface area contributed by atoms with Crippen LogP contribution in [0.2, 0.25) is 0 Å². The fourth-order valence-corrected chi connectivity index (χ4v) is 8.12. The summed E-state index contributed by atoms with van der Waals surface area (Å²) in [6.07, 6.45) is 7.74. The summed E-state index contributed by atoms with van der Waals surface area (Å²) in [5.41, 5.74) is 0.200. The molecule has 4 saturated carbocycles. The van der Waals surface area contributed by atoms with Crippen molar-refractivity contribution in [3.8, 4) is 0 Å². The molecular weight excluding hydrogens is 324 g/mol. The van der Waals surface area contributed by atoms with E-state index in [-0.39, 0.29) is 23.7 Å². The van der Waals surface area contributed by atoms with Crippen molar-refractivity contribution in [3.63, 3.8) is 0 Å². The van der Waals surface area contributed by atoms with E-state index in [0.717, 1.165) is 17.8 Å². The van der Waals surface area contributed by atoms with Crippen LogP contribution in [0.4, 0.5) is 0 Å². The number of nitrogens with zero attached hydrogens (tertiary/aromatic N) is 1. The van der Waals surface area contributed by atoms with Crippen LogP contribution in [0.3, 0.4) is 0 Å². The molecule has 5 nitrogen and oxygen atoms in total. The first-order chi connectivity index (χ1) is 11.3. The molecule has 6 heteroatoms. The van der Waals surface area contributed by atoms with Crippen LogP contribution in [0.1, 0.15) is 59.3 Å². The molecule has 0 radical (unpaired) electrons. The number of hydrogen-bond acceptors (Lipinski definition) is 3. The molecule has 1 saturated heterocycles. The second-order valence-corrected chi connectivity index (χ2v) is 10.9. The maximum absolute atomic E-state index is 12.9. The fourth-order valence-electron chi connectivity index (χ4n) is 6.46. The summed E-state index contributed by atoms with van der Waals surface area (Å²) in [5.74, 6) is 2.52. The van der Waals surface area contributed by atoms with Gasteiger partial charge in [0.2, 0.25) is 0 Å². The van der Waals surface area contributed by atoms with Crippen LogP contribution >= 0.6 is 0 Å². The zero-order chi connectivity index (χ0) is 17.1. The van der Waals surface area contributed by atoms with Gasteiger partial charge in [0.25, 0.3) is 10.2 Å². The molecule has 4 aliphatic carbocycles. The first-order valence-corrected chi connectivity index (χ1v) is 11.1. The predicted molar refractivity (Wildman–Crippen MR) is 93.7 cm³/mol. The maximum atomic E-state index is 12.9. The Bertz CT molecular complexity index is 546. The Kier molecular flexibility index (Phi) is 4.26. The van der Waals surface area contributed by atoms with Gasteiger partial charge in [0, 0.05) is 19.1 Å². The Morgan fingerprint density at radius 1 is 1.00 bits per heavy atom. The molecule has 1 heterocycles. The zero-order valence-corrected chi connectivity index (χ0v) is 16.0. The highest BCUT2D eigenvalue weighted by atomic mass is 32.2. The Morgan fingerprint density at radius 3 is 1.92 bits per heavy atom. The normalized spacial score (nSPS) is 47.0. The van der Waals surface area contributed by atoms with E-state index in [9.17, 15) is 8.42 Å². The number of morpholine rings is 1. The van der Waals surface area contributed by atoms with E-state index in [0.29, 0.717) is 13.1 Å². The number of hydrogen-bond donors (Lipinski definition) is 1. The minimum Gasteiger partial charge on any atom is -0.373 e. The van der Waals surface area contributed by atoms with Gasteiger partial charge in [-0.15, -0.1) is 0 Å². The SMILES string of the molecule is CC1CN(S(=O)(=O)NC(C)C23CC4CC(CC(C4)C2)C3)CC(C)O1. The average Bonchev–Trinajstić information content (AvgIpc) is 2.44. The highest BCUT2D eigenvalue weighted by Gasteiger charge is 2.54. The van der Waals surface area contributed by atoms with Crippen molar-refractivity contribution in [1.29, 1.82) is 0 Å². The van der Waals surface area contributed by atoms with Crippen molar-refractivity contribution in [2.24, 2.45) is 23.2 Å². The van der Waals surface area contributed by atoms with Crippen molar-refractivity contribution < 1.29 is 13.2 Å². The molecule has 3 unspecified atom stereocenters. The zero-order valence-electron chi connectivity index (χ0n) is 15.2. The second kappa shape index (κ2) is 5.93. The average molecular weight is 357 g/mol. The molecule has 1 N–H and O–H groups in total. The van der Waals surface area contributed by atoms with Crippen LogP contribution in [-0.2, 0) is 14.9 Å². The summed E-state index contributed by atoms with van der Waals surface area (Å²) >= 11 is 0. The van der Waals surface area contributed by atoms with Crippen molar-refractivity contribution >= 4 is 10.2 Å². The van der Waals surface area contributed by atoms with E-state index in [1.165, 1.54) is 38.5 Å². The lowest BCUT2D eigenvalue weighted by Crippen LogP contribution is -2.59. The summed E-state index contributed by atoms with van der Waals surface area (Å²) in [6, 6.07) is 0.0318. The maximum Gasteiger partial charge on any atom is 0.279 e. The largest absolute Gasteiger partial charge is 0.373 e. The van der Waals surface area contributed by atoms with Crippen molar-refractivity contribution in [1.82, 2.24) is 9.03 Å². The second-order valence-electron chi connectivity index (χ2n) is 9.20. The number of nitrogens with one attached hydrogen (secondary N) is 1. The molecule has 0 aromatic carbocycles. The van der Waals surface area contributed by atoms with Crippen molar-refractivity contribution in [2.75, 3.05) is 13.1 Å². The molecule has 4 bridgehead atoms. The van der Waals surface area contributed by atoms with Gasteiger partial charge in [-0.1, -0.05) is 0 Å². The molecular formula is C18H32N2O3S. The monoisotopic (exact) mass is 356 g/mol.